The Morgan fingerprint density at radius 2 is 1.93 bits per heavy atom. The first-order valence-corrected chi connectivity index (χ1v) is 9.79. The van der Waals surface area contributed by atoms with Crippen LogP contribution in [0, 0.1) is 5.82 Å². The zero-order chi connectivity index (χ0) is 20.9. The second-order valence-corrected chi connectivity index (χ2v) is 7.11. The highest BCUT2D eigenvalue weighted by molar-refractivity contribution is 5.92. The number of ether oxygens (including phenoxy) is 2. The molecule has 2 heterocycles. The second-order valence-electron chi connectivity index (χ2n) is 7.11. The Bertz CT molecular complexity index is 1110. The summed E-state index contributed by atoms with van der Waals surface area (Å²) in [6, 6.07) is 12.8. The first-order valence-electron chi connectivity index (χ1n) is 9.79. The van der Waals surface area contributed by atoms with Gasteiger partial charge in [-0.1, -0.05) is 12.1 Å². The van der Waals surface area contributed by atoms with E-state index in [0.29, 0.717) is 29.8 Å². The number of benzene rings is 2. The number of hydrogen-bond donors (Lipinski definition) is 3. The van der Waals surface area contributed by atoms with E-state index in [1.807, 2.05) is 0 Å². The number of carbonyl (C=O) groups excluding carboxylic acids is 1. The number of nitrogens with one attached hydrogen (secondary N) is 3. The molecule has 0 radical (unpaired) electrons. The lowest BCUT2D eigenvalue weighted by Gasteiger charge is -2.22. The van der Waals surface area contributed by atoms with E-state index in [4.69, 9.17) is 9.47 Å². The Hall–Kier alpha value is -3.23. The van der Waals surface area contributed by atoms with Gasteiger partial charge >= 0.3 is 0 Å². The molecule has 1 aliphatic rings. The van der Waals surface area contributed by atoms with Crippen LogP contribution in [0.15, 0.2) is 53.3 Å². The third-order valence-corrected chi connectivity index (χ3v) is 4.92. The molecule has 0 aliphatic carbocycles. The third kappa shape index (κ3) is 4.84. The monoisotopic (exact) mass is 411 g/mol. The fourth-order valence-electron chi connectivity index (χ4n) is 3.38. The van der Waals surface area contributed by atoms with Crippen molar-refractivity contribution in [1.82, 2.24) is 10.3 Å². The number of amides is 1. The van der Waals surface area contributed by atoms with Crippen LogP contribution in [0.4, 0.5) is 10.1 Å². The molecule has 1 saturated heterocycles. The van der Waals surface area contributed by atoms with Crippen molar-refractivity contribution in [2.24, 2.45) is 0 Å². The Labute approximate surface area is 172 Å². The number of halogens is 1. The molecule has 1 fully saturated rings. The lowest BCUT2D eigenvalue weighted by molar-refractivity contribution is -0.115. The van der Waals surface area contributed by atoms with Crippen LogP contribution in [0.3, 0.4) is 0 Å². The molecule has 3 N–H and O–H groups in total. The molecule has 0 bridgehead atoms. The van der Waals surface area contributed by atoms with Gasteiger partial charge in [0.1, 0.15) is 5.75 Å². The minimum atomic E-state index is -0.644. The number of aromatic amines is 1. The number of fused-ring (bicyclic) bond motifs is 1. The number of H-pyrrole nitrogens is 1. The first-order chi connectivity index (χ1) is 14.6. The Morgan fingerprint density at radius 1 is 1.13 bits per heavy atom. The molecule has 156 valence electrons. The number of para-hydroxylation sites is 1. The lowest BCUT2D eigenvalue weighted by Crippen LogP contribution is -2.39. The number of aromatic nitrogens is 1. The minimum Gasteiger partial charge on any atom is -0.453 e. The van der Waals surface area contributed by atoms with Gasteiger partial charge in [0.15, 0.2) is 11.6 Å². The maximum atomic E-state index is 14.6. The average molecular weight is 411 g/mol. The highest BCUT2D eigenvalue weighted by Crippen LogP contribution is 2.30. The molecule has 3 aromatic rings. The SMILES string of the molecule is O=C(CNC1CCOCC1)Nc1ccc(Oc2cc(=O)[nH]c3ccccc23)c(F)c1. The molecular weight excluding hydrogens is 389 g/mol. The van der Waals surface area contributed by atoms with Crippen molar-refractivity contribution >= 4 is 22.5 Å². The molecule has 8 heteroatoms. The minimum absolute atomic E-state index is 0.0379. The summed E-state index contributed by atoms with van der Waals surface area (Å²) in [7, 11) is 0. The van der Waals surface area contributed by atoms with E-state index in [2.05, 4.69) is 15.6 Å². The zero-order valence-electron chi connectivity index (χ0n) is 16.2. The maximum absolute atomic E-state index is 14.6. The molecule has 7 nitrogen and oxygen atoms in total. The standard InChI is InChI=1S/C22H22FN3O4/c23-17-11-15(25-22(28)13-24-14-7-9-29-10-8-14)5-6-19(17)30-20-12-21(27)26-18-4-2-1-3-16(18)20/h1-6,11-12,14,24H,7-10,13H2,(H,25,28)(H,26,27). The number of rotatable bonds is 6. The summed E-state index contributed by atoms with van der Waals surface area (Å²) in [6.45, 7) is 1.52. The van der Waals surface area contributed by atoms with Crippen molar-refractivity contribution in [3.63, 3.8) is 0 Å². The van der Waals surface area contributed by atoms with Crippen LogP contribution in [-0.2, 0) is 9.53 Å². The predicted octanol–water partition coefficient (Wildman–Crippen LogP) is 3.17. The predicted molar refractivity (Wildman–Crippen MR) is 112 cm³/mol. The van der Waals surface area contributed by atoms with Gasteiger partial charge in [-0.25, -0.2) is 4.39 Å². The molecule has 1 aromatic heterocycles. The van der Waals surface area contributed by atoms with Gasteiger partial charge in [-0.15, -0.1) is 0 Å². The zero-order valence-corrected chi connectivity index (χ0v) is 16.2. The van der Waals surface area contributed by atoms with E-state index in [1.54, 1.807) is 30.3 Å². The molecule has 30 heavy (non-hydrogen) atoms. The molecule has 4 rings (SSSR count). The van der Waals surface area contributed by atoms with Crippen molar-refractivity contribution in [3.8, 4) is 11.5 Å². The summed E-state index contributed by atoms with van der Waals surface area (Å²) < 4.78 is 25.5. The highest BCUT2D eigenvalue weighted by atomic mass is 19.1. The summed E-state index contributed by atoms with van der Waals surface area (Å²) in [6.07, 6.45) is 1.73. The Morgan fingerprint density at radius 3 is 2.73 bits per heavy atom. The van der Waals surface area contributed by atoms with Gasteiger partial charge < -0.3 is 25.1 Å². The van der Waals surface area contributed by atoms with E-state index in [0.717, 1.165) is 12.8 Å². The molecular formula is C22H22FN3O4. The van der Waals surface area contributed by atoms with Crippen molar-refractivity contribution in [2.75, 3.05) is 25.1 Å². The van der Waals surface area contributed by atoms with Gasteiger partial charge in [-0.05, 0) is 37.1 Å². The first kappa shape index (κ1) is 20.1. The molecule has 0 saturated carbocycles. The van der Waals surface area contributed by atoms with Gasteiger partial charge in [0.05, 0.1) is 12.1 Å². The molecule has 2 aromatic carbocycles. The average Bonchev–Trinajstić information content (AvgIpc) is 2.75. The molecule has 0 spiro atoms. The Kier molecular flexibility index (Phi) is 6.06. The van der Waals surface area contributed by atoms with Crippen molar-refractivity contribution < 1.29 is 18.7 Å². The topological polar surface area (TPSA) is 92.4 Å². The molecule has 0 atom stereocenters. The van der Waals surface area contributed by atoms with Gasteiger partial charge in [0.2, 0.25) is 5.91 Å². The van der Waals surface area contributed by atoms with E-state index in [1.165, 1.54) is 18.2 Å². The lowest BCUT2D eigenvalue weighted by atomic mass is 10.1. The van der Waals surface area contributed by atoms with Crippen LogP contribution >= 0.6 is 0 Å². The largest absolute Gasteiger partial charge is 0.453 e. The van der Waals surface area contributed by atoms with Gasteiger partial charge in [0.25, 0.3) is 5.56 Å². The smallest absolute Gasteiger partial charge is 0.252 e. The summed E-state index contributed by atoms with van der Waals surface area (Å²) in [5.74, 6) is -0.681. The number of anilines is 1. The van der Waals surface area contributed by atoms with E-state index >= 15 is 0 Å². The number of carbonyl (C=O) groups is 1. The van der Waals surface area contributed by atoms with Crippen molar-refractivity contribution in [1.29, 1.82) is 0 Å². The van der Waals surface area contributed by atoms with E-state index in [-0.39, 0.29) is 35.6 Å². The molecule has 1 aliphatic heterocycles. The van der Waals surface area contributed by atoms with Crippen molar-refractivity contribution in [3.05, 3.63) is 64.7 Å². The second kappa shape index (κ2) is 9.06. The van der Waals surface area contributed by atoms with Crippen LogP contribution in [0.5, 0.6) is 11.5 Å². The summed E-state index contributed by atoms with van der Waals surface area (Å²) in [5, 5.41) is 6.51. The normalized spacial score (nSPS) is 14.6. The van der Waals surface area contributed by atoms with Gasteiger partial charge in [0, 0.05) is 42.5 Å². The summed E-state index contributed by atoms with van der Waals surface area (Å²) in [5.41, 5.74) is 0.584. The summed E-state index contributed by atoms with van der Waals surface area (Å²) in [4.78, 5) is 26.7. The maximum Gasteiger partial charge on any atom is 0.252 e. The van der Waals surface area contributed by atoms with Gasteiger partial charge in [-0.2, -0.15) is 0 Å². The highest BCUT2D eigenvalue weighted by Gasteiger charge is 2.15. The van der Waals surface area contributed by atoms with Gasteiger partial charge in [-0.3, -0.25) is 9.59 Å². The van der Waals surface area contributed by atoms with Crippen LogP contribution in [-0.4, -0.2) is 36.7 Å². The van der Waals surface area contributed by atoms with Crippen LogP contribution in [0.2, 0.25) is 0 Å². The summed E-state index contributed by atoms with van der Waals surface area (Å²) >= 11 is 0. The van der Waals surface area contributed by atoms with Crippen LogP contribution < -0.4 is 20.9 Å². The van der Waals surface area contributed by atoms with Crippen LogP contribution in [0.25, 0.3) is 10.9 Å². The number of hydrogen-bond acceptors (Lipinski definition) is 5. The molecule has 1 amide bonds. The third-order valence-electron chi connectivity index (χ3n) is 4.92. The molecule has 0 unspecified atom stereocenters. The van der Waals surface area contributed by atoms with Crippen LogP contribution in [0.1, 0.15) is 12.8 Å². The Balaban J connectivity index is 1.42. The number of pyridine rings is 1. The van der Waals surface area contributed by atoms with E-state index in [9.17, 15) is 14.0 Å². The fraction of sp³-hybridized carbons (Fsp3) is 0.273. The van der Waals surface area contributed by atoms with Crippen molar-refractivity contribution in [2.45, 2.75) is 18.9 Å². The quantitative estimate of drug-likeness (QED) is 0.580. The van der Waals surface area contributed by atoms with E-state index < -0.39 is 5.82 Å². The fourth-order valence-corrected chi connectivity index (χ4v) is 3.38.